The van der Waals surface area contributed by atoms with Crippen LogP contribution in [0, 0.1) is 11.6 Å². The Kier molecular flexibility index (Phi) is 4.77. The first-order chi connectivity index (χ1) is 13.9. The first-order valence-corrected chi connectivity index (χ1v) is 9.15. The van der Waals surface area contributed by atoms with E-state index in [4.69, 9.17) is 5.11 Å². The second-order valence-corrected chi connectivity index (χ2v) is 7.01. The number of benzene rings is 1. The highest BCUT2D eigenvalue weighted by Crippen LogP contribution is 2.31. The second kappa shape index (κ2) is 7.40. The lowest BCUT2D eigenvalue weighted by Gasteiger charge is -2.18. The lowest BCUT2D eigenvalue weighted by Crippen LogP contribution is -2.12. The number of aromatic carboxylic acids is 1. The lowest BCUT2D eigenvalue weighted by atomic mass is 10.2. The van der Waals surface area contributed by atoms with Crippen LogP contribution >= 0.6 is 11.3 Å². The summed E-state index contributed by atoms with van der Waals surface area (Å²) in [6.45, 7) is 0. The Morgan fingerprint density at radius 2 is 1.97 bits per heavy atom. The van der Waals surface area contributed by atoms with Crippen LogP contribution in [0.25, 0.3) is 10.3 Å². The van der Waals surface area contributed by atoms with Crippen LogP contribution in [0.15, 0.2) is 48.7 Å². The van der Waals surface area contributed by atoms with Crippen LogP contribution in [0.4, 0.5) is 31.2 Å². The minimum absolute atomic E-state index is 0.0854. The molecule has 0 saturated carbocycles. The van der Waals surface area contributed by atoms with Crippen LogP contribution in [-0.2, 0) is 0 Å². The Morgan fingerprint density at radius 1 is 1.14 bits per heavy atom. The molecule has 0 fully saturated rings. The molecule has 0 atom stereocenters. The summed E-state index contributed by atoms with van der Waals surface area (Å²) in [5.41, 5.74) is 0.919. The van der Waals surface area contributed by atoms with Crippen molar-refractivity contribution < 1.29 is 18.7 Å². The van der Waals surface area contributed by atoms with Crippen molar-refractivity contribution in [2.45, 2.75) is 0 Å². The molecule has 10 heteroatoms. The van der Waals surface area contributed by atoms with Gasteiger partial charge in [0, 0.05) is 19.3 Å². The van der Waals surface area contributed by atoms with Crippen molar-refractivity contribution in [3.05, 3.63) is 65.9 Å². The third kappa shape index (κ3) is 3.83. The van der Waals surface area contributed by atoms with E-state index < -0.39 is 17.6 Å². The molecule has 0 aliphatic carbocycles. The molecule has 0 aliphatic rings. The van der Waals surface area contributed by atoms with Crippen LogP contribution in [0.3, 0.4) is 0 Å². The maximum absolute atomic E-state index is 14.1. The zero-order chi connectivity index (χ0) is 20.5. The summed E-state index contributed by atoms with van der Waals surface area (Å²) in [6.07, 6.45) is 1.25. The van der Waals surface area contributed by atoms with Gasteiger partial charge in [-0.1, -0.05) is 11.3 Å². The van der Waals surface area contributed by atoms with E-state index in [1.54, 1.807) is 25.2 Å². The molecule has 0 saturated heterocycles. The van der Waals surface area contributed by atoms with Crippen molar-refractivity contribution >= 4 is 50.1 Å². The van der Waals surface area contributed by atoms with Crippen LogP contribution in [0.1, 0.15) is 10.4 Å². The minimum Gasteiger partial charge on any atom is -0.478 e. The number of hydrogen-bond donors (Lipinski definition) is 2. The number of fused-ring (bicyclic) bond motifs is 1. The second-order valence-electron chi connectivity index (χ2n) is 6.03. The summed E-state index contributed by atoms with van der Waals surface area (Å²) in [7, 11) is 1.64. The molecule has 0 amide bonds. The molecule has 0 radical (unpaired) electrons. The summed E-state index contributed by atoms with van der Waals surface area (Å²) >= 11 is 1.27. The molecule has 0 spiro atoms. The van der Waals surface area contributed by atoms with Crippen LogP contribution < -0.4 is 10.2 Å². The highest BCUT2D eigenvalue weighted by atomic mass is 32.1. The van der Waals surface area contributed by atoms with Gasteiger partial charge in [0.05, 0.1) is 11.3 Å². The highest BCUT2D eigenvalue weighted by Gasteiger charge is 2.14. The zero-order valence-corrected chi connectivity index (χ0v) is 15.7. The molecule has 0 aliphatic heterocycles. The Balaban J connectivity index is 1.59. The van der Waals surface area contributed by atoms with Crippen LogP contribution in [0.2, 0.25) is 0 Å². The lowest BCUT2D eigenvalue weighted by molar-refractivity contribution is 0.0696. The third-order valence-electron chi connectivity index (χ3n) is 4.10. The zero-order valence-electron chi connectivity index (χ0n) is 14.9. The van der Waals surface area contributed by atoms with Crippen molar-refractivity contribution in [2.75, 3.05) is 17.3 Å². The summed E-state index contributed by atoms with van der Waals surface area (Å²) < 4.78 is 27.2. The molecular formula is C19H13F2N5O2S. The normalized spacial score (nSPS) is 10.9. The number of halogens is 2. The van der Waals surface area contributed by atoms with Gasteiger partial charge in [-0.05, 0) is 36.4 Å². The molecule has 146 valence electrons. The highest BCUT2D eigenvalue weighted by molar-refractivity contribution is 7.21. The molecule has 3 heterocycles. The minimum atomic E-state index is -1.05. The largest absolute Gasteiger partial charge is 0.478 e. The summed E-state index contributed by atoms with van der Waals surface area (Å²) in [5.74, 6) is -1.47. The number of carboxylic acid groups (broad SMARTS) is 1. The Morgan fingerprint density at radius 3 is 2.66 bits per heavy atom. The number of anilines is 4. The topological polar surface area (TPSA) is 91.2 Å². The number of carbonyl (C=O) groups is 1. The van der Waals surface area contributed by atoms with E-state index in [1.807, 2.05) is 0 Å². The van der Waals surface area contributed by atoms with Gasteiger partial charge in [-0.15, -0.1) is 0 Å². The van der Waals surface area contributed by atoms with Crippen molar-refractivity contribution in [3.8, 4) is 0 Å². The van der Waals surface area contributed by atoms with Gasteiger partial charge in [0.25, 0.3) is 0 Å². The maximum Gasteiger partial charge on any atom is 0.337 e. The van der Waals surface area contributed by atoms with Crippen molar-refractivity contribution in [3.63, 3.8) is 0 Å². The van der Waals surface area contributed by atoms with E-state index in [9.17, 15) is 13.6 Å². The maximum atomic E-state index is 14.1. The fourth-order valence-corrected chi connectivity index (χ4v) is 3.47. The Labute approximate surface area is 167 Å². The predicted molar refractivity (Wildman–Crippen MR) is 106 cm³/mol. The average molecular weight is 413 g/mol. The predicted octanol–water partition coefficient (Wildman–Crippen LogP) is 4.57. The summed E-state index contributed by atoms with van der Waals surface area (Å²) in [5, 5.41) is 12.4. The molecule has 2 N–H and O–H groups in total. The number of carboxylic acids is 1. The van der Waals surface area contributed by atoms with Gasteiger partial charge in [0.1, 0.15) is 33.6 Å². The van der Waals surface area contributed by atoms with Crippen molar-refractivity contribution in [2.24, 2.45) is 0 Å². The number of thiazole rings is 1. The molecule has 0 bridgehead atoms. The number of nitrogens with one attached hydrogen (secondary N) is 1. The van der Waals surface area contributed by atoms with Crippen molar-refractivity contribution in [1.82, 2.24) is 15.0 Å². The fourth-order valence-electron chi connectivity index (χ4n) is 2.63. The van der Waals surface area contributed by atoms with Crippen LogP contribution in [0.5, 0.6) is 0 Å². The first-order valence-electron chi connectivity index (χ1n) is 8.33. The van der Waals surface area contributed by atoms with E-state index in [1.165, 1.54) is 40.6 Å². The van der Waals surface area contributed by atoms with Crippen molar-refractivity contribution in [1.29, 1.82) is 0 Å². The van der Waals surface area contributed by atoms with Gasteiger partial charge in [0.15, 0.2) is 5.13 Å². The number of aromatic nitrogens is 3. The quantitative estimate of drug-likeness (QED) is 0.495. The van der Waals surface area contributed by atoms with Gasteiger partial charge in [-0.2, -0.15) is 0 Å². The van der Waals surface area contributed by atoms with Gasteiger partial charge in [0.2, 0.25) is 0 Å². The molecule has 1 aromatic carbocycles. The first kappa shape index (κ1) is 18.7. The number of nitrogens with zero attached hydrogens (tertiary/aromatic N) is 4. The van der Waals surface area contributed by atoms with E-state index in [-0.39, 0.29) is 11.3 Å². The van der Waals surface area contributed by atoms with E-state index in [0.717, 1.165) is 6.07 Å². The fraction of sp³-hybridized carbons (Fsp3) is 0.0526. The molecular weight excluding hydrogens is 400 g/mol. The molecule has 0 unspecified atom stereocenters. The van der Waals surface area contributed by atoms with E-state index in [0.29, 0.717) is 27.1 Å². The smallest absolute Gasteiger partial charge is 0.337 e. The van der Waals surface area contributed by atoms with E-state index >= 15 is 0 Å². The van der Waals surface area contributed by atoms with Gasteiger partial charge in [-0.3, -0.25) is 0 Å². The van der Waals surface area contributed by atoms with Gasteiger partial charge < -0.3 is 15.3 Å². The summed E-state index contributed by atoms with van der Waals surface area (Å²) in [4.78, 5) is 26.0. The van der Waals surface area contributed by atoms with E-state index in [2.05, 4.69) is 20.3 Å². The SMILES string of the molecule is CN(c1ccc2nc(Nc3ccc(C(=O)O)cn3)sc2n1)c1ccc(F)cc1F. The van der Waals surface area contributed by atoms with Gasteiger partial charge in [-0.25, -0.2) is 28.5 Å². The monoisotopic (exact) mass is 413 g/mol. The Bertz CT molecular complexity index is 1210. The number of rotatable bonds is 5. The van der Waals surface area contributed by atoms with Crippen LogP contribution in [-0.4, -0.2) is 33.1 Å². The number of pyridine rings is 2. The molecule has 4 aromatic rings. The molecule has 4 rings (SSSR count). The Hall–Kier alpha value is -3.66. The average Bonchev–Trinajstić information content (AvgIpc) is 3.09. The summed E-state index contributed by atoms with van der Waals surface area (Å²) in [6, 6.07) is 9.77. The molecule has 29 heavy (non-hydrogen) atoms. The standard InChI is InChI=1S/C19H13F2N5O2S/c1-26(14-5-3-11(20)8-12(14)21)16-7-4-13-17(25-16)29-19(23-13)24-15-6-2-10(9-22-15)18(27)28/h2-9H,1H3,(H,27,28)(H,22,23,24). The third-order valence-corrected chi connectivity index (χ3v) is 4.98. The molecule has 7 nitrogen and oxygen atoms in total. The van der Waals surface area contributed by atoms with Gasteiger partial charge >= 0.3 is 5.97 Å². The number of hydrogen-bond acceptors (Lipinski definition) is 7. The molecule has 3 aromatic heterocycles.